The largest absolute Gasteiger partial charge is 0.465 e. The molecule has 124 valence electrons. The smallest absolute Gasteiger partial charge is 0.326 e. The van der Waals surface area contributed by atoms with Gasteiger partial charge in [0.15, 0.2) is 5.41 Å². The Labute approximate surface area is 128 Å². The zero-order valence-electron chi connectivity index (χ0n) is 14.2. The van der Waals surface area contributed by atoms with Crippen LogP contribution in [0.25, 0.3) is 0 Å². The van der Waals surface area contributed by atoms with E-state index in [4.69, 9.17) is 14.2 Å². The lowest BCUT2D eigenvalue weighted by molar-refractivity contribution is -0.189. The van der Waals surface area contributed by atoms with Gasteiger partial charge in [0.1, 0.15) is 0 Å². The van der Waals surface area contributed by atoms with Gasteiger partial charge in [0.25, 0.3) is 0 Å². The first-order chi connectivity index (χ1) is 9.93. The molecule has 0 spiro atoms. The number of hydrogen-bond acceptors (Lipinski definition) is 5. The monoisotopic (exact) mass is 302 g/mol. The lowest BCUT2D eigenvalue weighted by Gasteiger charge is -2.38. The molecule has 0 amide bonds. The Morgan fingerprint density at radius 2 is 1.38 bits per heavy atom. The molecular weight excluding hydrogens is 272 g/mol. The number of hydrogen-bond donors (Lipinski definition) is 0. The van der Waals surface area contributed by atoms with E-state index in [1.165, 1.54) is 0 Å². The molecule has 2 atom stereocenters. The second-order valence-corrected chi connectivity index (χ2v) is 5.10. The summed E-state index contributed by atoms with van der Waals surface area (Å²) in [6.45, 7) is 11.8. The highest BCUT2D eigenvalue weighted by molar-refractivity contribution is 6.01. The van der Waals surface area contributed by atoms with Gasteiger partial charge in [-0.2, -0.15) is 0 Å². The summed E-state index contributed by atoms with van der Waals surface area (Å²) in [7, 11) is 0. The number of ether oxygens (including phenoxy) is 3. The van der Waals surface area contributed by atoms with Gasteiger partial charge in [-0.15, -0.1) is 0 Å². The number of carbonyl (C=O) groups excluding carboxylic acids is 2. The Hall–Kier alpha value is -1.10. The molecule has 0 rings (SSSR count). The van der Waals surface area contributed by atoms with Crippen molar-refractivity contribution in [2.24, 2.45) is 11.3 Å². The van der Waals surface area contributed by atoms with Gasteiger partial charge in [-0.3, -0.25) is 9.59 Å². The highest BCUT2D eigenvalue weighted by atomic mass is 16.6. The third kappa shape index (κ3) is 4.43. The van der Waals surface area contributed by atoms with Crippen LogP contribution >= 0.6 is 0 Å². The van der Waals surface area contributed by atoms with Crippen molar-refractivity contribution in [2.75, 3.05) is 19.8 Å². The first-order valence-corrected chi connectivity index (χ1v) is 7.89. The second kappa shape index (κ2) is 9.77. The lowest BCUT2D eigenvalue weighted by atomic mass is 9.70. The summed E-state index contributed by atoms with van der Waals surface area (Å²) in [6.07, 6.45) is 0.984. The first-order valence-electron chi connectivity index (χ1n) is 7.89. The average molecular weight is 302 g/mol. The summed E-state index contributed by atoms with van der Waals surface area (Å²) in [5.74, 6) is -1.32. The molecule has 5 nitrogen and oxygen atoms in total. The van der Waals surface area contributed by atoms with Crippen LogP contribution in [0.4, 0.5) is 0 Å². The minimum absolute atomic E-state index is 0.220. The van der Waals surface area contributed by atoms with Crippen LogP contribution in [-0.2, 0) is 23.8 Å². The highest BCUT2D eigenvalue weighted by Crippen LogP contribution is 2.39. The van der Waals surface area contributed by atoms with Gasteiger partial charge >= 0.3 is 11.9 Å². The van der Waals surface area contributed by atoms with E-state index < -0.39 is 23.5 Å². The predicted octanol–water partition coefficient (Wildman–Crippen LogP) is 2.96. The van der Waals surface area contributed by atoms with Crippen molar-refractivity contribution in [1.82, 2.24) is 0 Å². The summed E-state index contributed by atoms with van der Waals surface area (Å²) in [6, 6.07) is 0. The van der Waals surface area contributed by atoms with Crippen molar-refractivity contribution in [3.8, 4) is 0 Å². The quantitative estimate of drug-likeness (QED) is 0.458. The van der Waals surface area contributed by atoms with E-state index in [0.717, 1.165) is 12.8 Å². The lowest BCUT2D eigenvalue weighted by Crippen LogP contribution is -2.55. The number of esters is 2. The van der Waals surface area contributed by atoms with E-state index in [1.54, 1.807) is 20.8 Å². The molecular formula is C16H30O5. The molecule has 0 heterocycles. The van der Waals surface area contributed by atoms with Crippen LogP contribution in [-0.4, -0.2) is 37.9 Å². The van der Waals surface area contributed by atoms with Crippen LogP contribution in [0.5, 0.6) is 0 Å². The fourth-order valence-electron chi connectivity index (χ4n) is 2.76. The molecule has 0 aromatic carbocycles. The Morgan fingerprint density at radius 1 is 0.905 bits per heavy atom. The molecule has 0 fully saturated rings. The Bertz CT molecular complexity index is 295. The predicted molar refractivity (Wildman–Crippen MR) is 80.9 cm³/mol. The van der Waals surface area contributed by atoms with Gasteiger partial charge in [-0.25, -0.2) is 0 Å². The second-order valence-electron chi connectivity index (χ2n) is 5.10. The molecule has 0 bridgehead atoms. The average Bonchev–Trinajstić information content (AvgIpc) is 2.40. The van der Waals surface area contributed by atoms with Crippen LogP contribution in [0.2, 0.25) is 0 Å². The Kier molecular flexibility index (Phi) is 9.26. The van der Waals surface area contributed by atoms with E-state index in [2.05, 4.69) is 0 Å². The fourth-order valence-corrected chi connectivity index (χ4v) is 2.76. The highest BCUT2D eigenvalue weighted by Gasteiger charge is 2.57. The zero-order chi connectivity index (χ0) is 16.5. The maximum atomic E-state index is 12.6. The molecule has 0 aromatic rings. The maximum Gasteiger partial charge on any atom is 0.326 e. The minimum Gasteiger partial charge on any atom is -0.465 e. The molecule has 5 heteroatoms. The molecule has 21 heavy (non-hydrogen) atoms. The number of carbonyl (C=O) groups is 2. The number of rotatable bonds is 10. The topological polar surface area (TPSA) is 61.8 Å². The van der Waals surface area contributed by atoms with E-state index in [9.17, 15) is 9.59 Å². The van der Waals surface area contributed by atoms with E-state index in [0.29, 0.717) is 6.61 Å². The molecule has 0 aliphatic heterocycles. The summed E-state index contributed by atoms with van der Waals surface area (Å²) in [4.78, 5) is 25.2. The summed E-state index contributed by atoms with van der Waals surface area (Å²) >= 11 is 0. The molecule has 0 saturated carbocycles. The summed E-state index contributed by atoms with van der Waals surface area (Å²) in [5.41, 5.74) is -1.40. The van der Waals surface area contributed by atoms with Gasteiger partial charge in [0.2, 0.25) is 0 Å². The summed E-state index contributed by atoms with van der Waals surface area (Å²) in [5, 5.41) is 0. The molecule has 0 aromatic heterocycles. The minimum atomic E-state index is -1.40. The molecule has 0 aliphatic rings. The van der Waals surface area contributed by atoms with Crippen molar-refractivity contribution < 1.29 is 23.8 Å². The van der Waals surface area contributed by atoms with E-state index >= 15 is 0 Å². The standard InChI is InChI=1S/C16H30O5/c1-7-11-12(5)16(13(6)19-8-2,14(17)20-9-3)15(18)21-10-4/h12-13H,7-11H2,1-6H3/t12-,13-/m1/s1. The molecule has 0 N–H and O–H groups in total. The van der Waals surface area contributed by atoms with Crippen molar-refractivity contribution >= 4 is 11.9 Å². The molecule has 0 unspecified atom stereocenters. The van der Waals surface area contributed by atoms with Crippen LogP contribution in [0, 0.1) is 11.3 Å². The molecule has 0 radical (unpaired) electrons. The van der Waals surface area contributed by atoms with Crippen LogP contribution in [0.1, 0.15) is 54.4 Å². The maximum absolute atomic E-state index is 12.6. The third-order valence-corrected chi connectivity index (χ3v) is 3.78. The SMILES string of the molecule is CCC[C@@H](C)C(C(=O)OCC)(C(=O)OCC)[C@@H](C)OCC. The van der Waals surface area contributed by atoms with Gasteiger partial charge in [0.05, 0.1) is 19.3 Å². The van der Waals surface area contributed by atoms with E-state index in [-0.39, 0.29) is 19.1 Å². The summed E-state index contributed by atoms with van der Waals surface area (Å²) < 4.78 is 16.0. The molecule has 0 saturated heterocycles. The van der Waals surface area contributed by atoms with Crippen LogP contribution < -0.4 is 0 Å². The van der Waals surface area contributed by atoms with Gasteiger partial charge in [-0.05, 0) is 40.0 Å². The van der Waals surface area contributed by atoms with Gasteiger partial charge < -0.3 is 14.2 Å². The van der Waals surface area contributed by atoms with Crippen molar-refractivity contribution in [3.63, 3.8) is 0 Å². The first kappa shape index (κ1) is 19.9. The normalized spacial score (nSPS) is 14.4. The fraction of sp³-hybridized carbons (Fsp3) is 0.875. The zero-order valence-corrected chi connectivity index (χ0v) is 14.2. The van der Waals surface area contributed by atoms with E-state index in [1.807, 2.05) is 20.8 Å². The van der Waals surface area contributed by atoms with Crippen LogP contribution in [0.3, 0.4) is 0 Å². The van der Waals surface area contributed by atoms with Crippen LogP contribution in [0.15, 0.2) is 0 Å². The third-order valence-electron chi connectivity index (χ3n) is 3.78. The Balaban J connectivity index is 5.79. The van der Waals surface area contributed by atoms with Crippen molar-refractivity contribution in [2.45, 2.75) is 60.5 Å². The van der Waals surface area contributed by atoms with Gasteiger partial charge in [-0.1, -0.05) is 20.3 Å². The molecule has 0 aliphatic carbocycles. The van der Waals surface area contributed by atoms with Crippen molar-refractivity contribution in [1.29, 1.82) is 0 Å². The van der Waals surface area contributed by atoms with Crippen molar-refractivity contribution in [3.05, 3.63) is 0 Å². The van der Waals surface area contributed by atoms with Gasteiger partial charge in [0, 0.05) is 6.61 Å². The Morgan fingerprint density at radius 3 is 1.71 bits per heavy atom.